The highest BCUT2D eigenvalue weighted by Crippen LogP contribution is 2.27. The lowest BCUT2D eigenvalue weighted by atomic mass is 10.0. The Morgan fingerprint density at radius 2 is 1.97 bits per heavy atom. The molecule has 0 aromatic carbocycles. The van der Waals surface area contributed by atoms with E-state index in [0.717, 1.165) is 11.4 Å². The summed E-state index contributed by atoms with van der Waals surface area (Å²) in [4.78, 5) is 8.74. The van der Waals surface area contributed by atoms with Gasteiger partial charge in [0.15, 0.2) is 5.65 Å². The fourth-order valence-corrected chi connectivity index (χ4v) is 3.21. The largest absolute Gasteiger partial charge is 0.389 e. The molecular formula is C19H19F3N8. The predicted octanol–water partition coefficient (Wildman–Crippen LogP) is 3.79. The van der Waals surface area contributed by atoms with Gasteiger partial charge >= 0.3 is 6.18 Å². The van der Waals surface area contributed by atoms with Crippen molar-refractivity contribution < 1.29 is 13.2 Å². The van der Waals surface area contributed by atoms with Gasteiger partial charge in [-0.1, -0.05) is 6.92 Å². The number of aromatic nitrogens is 7. The van der Waals surface area contributed by atoms with Crippen LogP contribution in [0.25, 0.3) is 16.9 Å². The molecule has 1 unspecified atom stereocenters. The van der Waals surface area contributed by atoms with Crippen molar-refractivity contribution in [3.63, 3.8) is 0 Å². The van der Waals surface area contributed by atoms with E-state index < -0.39 is 18.5 Å². The molecular weight excluding hydrogens is 397 g/mol. The molecule has 0 spiro atoms. The normalized spacial score (nSPS) is 13.0. The summed E-state index contributed by atoms with van der Waals surface area (Å²) in [7, 11) is 1.80. The summed E-state index contributed by atoms with van der Waals surface area (Å²) in [6.07, 6.45) is 0.190. The zero-order chi connectivity index (χ0) is 21.3. The van der Waals surface area contributed by atoms with E-state index in [1.807, 2.05) is 6.07 Å². The summed E-state index contributed by atoms with van der Waals surface area (Å²) in [5.74, 6) is 1.07. The number of nitrogens with zero attached hydrogens (tertiary/aromatic N) is 7. The maximum absolute atomic E-state index is 12.6. The van der Waals surface area contributed by atoms with Gasteiger partial charge < -0.3 is 5.32 Å². The Labute approximate surface area is 169 Å². The predicted molar refractivity (Wildman–Crippen MR) is 104 cm³/mol. The number of pyridine rings is 1. The number of nitrogens with one attached hydrogen (secondary N) is 1. The molecule has 4 heterocycles. The summed E-state index contributed by atoms with van der Waals surface area (Å²) < 4.78 is 41.2. The fraction of sp³-hybridized carbons (Fsp3) is 0.316. The molecule has 8 nitrogen and oxygen atoms in total. The van der Waals surface area contributed by atoms with Crippen molar-refractivity contribution >= 4 is 17.4 Å². The smallest absolute Gasteiger partial charge is 0.309 e. The first-order valence-corrected chi connectivity index (χ1v) is 9.27. The SMILES string of the molecule is CC(Cc1nnc2cc(-c3ccnc(Nc4ccnn4C)n3)ccn12)CC(F)(F)F. The number of fused-ring (bicyclic) bond motifs is 1. The van der Waals surface area contributed by atoms with Crippen LogP contribution in [0.3, 0.4) is 0 Å². The molecule has 30 heavy (non-hydrogen) atoms. The minimum Gasteiger partial charge on any atom is -0.309 e. The number of halogens is 3. The van der Waals surface area contributed by atoms with Gasteiger partial charge in [0.1, 0.15) is 11.6 Å². The van der Waals surface area contributed by atoms with Gasteiger partial charge in [-0.05, 0) is 24.1 Å². The van der Waals surface area contributed by atoms with Gasteiger partial charge in [0.05, 0.1) is 11.9 Å². The van der Waals surface area contributed by atoms with Crippen molar-refractivity contribution in [2.24, 2.45) is 13.0 Å². The molecule has 1 N–H and O–H groups in total. The lowest BCUT2D eigenvalue weighted by molar-refractivity contribution is -0.143. The standard InChI is InChI=1S/C19H19F3N8/c1-12(11-19(20,21)22)9-16-27-28-17-10-13(5-8-30(16)17)14-3-6-23-18(25-14)26-15-4-7-24-29(15)2/h3-8,10,12H,9,11H2,1-2H3,(H,23,25,26). The van der Waals surface area contributed by atoms with Gasteiger partial charge in [0.25, 0.3) is 0 Å². The van der Waals surface area contributed by atoms with Crippen LogP contribution in [0.1, 0.15) is 19.2 Å². The molecule has 156 valence electrons. The fourth-order valence-electron chi connectivity index (χ4n) is 3.21. The monoisotopic (exact) mass is 416 g/mol. The van der Waals surface area contributed by atoms with Crippen LogP contribution in [0.4, 0.5) is 24.9 Å². The van der Waals surface area contributed by atoms with Gasteiger partial charge in [-0.15, -0.1) is 10.2 Å². The highest BCUT2D eigenvalue weighted by Gasteiger charge is 2.30. The van der Waals surface area contributed by atoms with E-state index in [9.17, 15) is 13.2 Å². The molecule has 4 aromatic rings. The Kier molecular flexibility index (Phi) is 5.10. The van der Waals surface area contributed by atoms with E-state index in [-0.39, 0.29) is 6.42 Å². The Morgan fingerprint density at radius 3 is 2.70 bits per heavy atom. The third-order valence-electron chi connectivity index (χ3n) is 4.60. The van der Waals surface area contributed by atoms with Crippen molar-refractivity contribution in [1.29, 1.82) is 0 Å². The number of aryl methyl sites for hydroxylation is 1. The van der Waals surface area contributed by atoms with Crippen LogP contribution in [-0.4, -0.2) is 40.5 Å². The summed E-state index contributed by atoms with van der Waals surface area (Å²) in [5.41, 5.74) is 2.01. The van der Waals surface area contributed by atoms with Crippen LogP contribution in [0.15, 0.2) is 42.9 Å². The number of rotatable bonds is 6. The van der Waals surface area contributed by atoms with E-state index in [4.69, 9.17) is 0 Å². The zero-order valence-corrected chi connectivity index (χ0v) is 16.3. The van der Waals surface area contributed by atoms with Crippen LogP contribution >= 0.6 is 0 Å². The topological polar surface area (TPSA) is 85.8 Å². The van der Waals surface area contributed by atoms with Crippen molar-refractivity contribution in [3.8, 4) is 11.3 Å². The van der Waals surface area contributed by atoms with Gasteiger partial charge in [-0.25, -0.2) is 9.97 Å². The first-order valence-electron chi connectivity index (χ1n) is 9.27. The average Bonchev–Trinajstić information content (AvgIpc) is 3.26. The Balaban J connectivity index is 1.56. The Morgan fingerprint density at radius 1 is 1.13 bits per heavy atom. The van der Waals surface area contributed by atoms with Crippen LogP contribution in [-0.2, 0) is 13.5 Å². The highest BCUT2D eigenvalue weighted by atomic mass is 19.4. The van der Waals surface area contributed by atoms with Crippen LogP contribution in [0.5, 0.6) is 0 Å². The van der Waals surface area contributed by atoms with E-state index >= 15 is 0 Å². The second kappa shape index (κ2) is 7.73. The third kappa shape index (κ3) is 4.39. The highest BCUT2D eigenvalue weighted by molar-refractivity contribution is 5.65. The number of anilines is 2. The molecule has 0 aliphatic rings. The molecule has 4 aromatic heterocycles. The molecule has 4 rings (SSSR count). The molecule has 0 aliphatic heterocycles. The molecule has 0 amide bonds. The Bertz CT molecular complexity index is 1160. The van der Waals surface area contributed by atoms with E-state index in [0.29, 0.717) is 23.1 Å². The molecule has 1 atom stereocenters. The second-order valence-electron chi connectivity index (χ2n) is 7.12. The van der Waals surface area contributed by atoms with Gasteiger partial charge in [-0.2, -0.15) is 18.3 Å². The molecule has 0 saturated carbocycles. The average molecular weight is 416 g/mol. The zero-order valence-electron chi connectivity index (χ0n) is 16.3. The van der Waals surface area contributed by atoms with Crippen LogP contribution in [0, 0.1) is 5.92 Å². The first kappa shape index (κ1) is 19.8. The maximum Gasteiger partial charge on any atom is 0.389 e. The third-order valence-corrected chi connectivity index (χ3v) is 4.60. The molecule has 0 bridgehead atoms. The van der Waals surface area contributed by atoms with Gasteiger partial charge in [0, 0.05) is 43.9 Å². The van der Waals surface area contributed by atoms with Crippen molar-refractivity contribution in [1.82, 2.24) is 34.3 Å². The van der Waals surface area contributed by atoms with Crippen molar-refractivity contribution in [2.75, 3.05) is 5.32 Å². The number of hydrogen-bond acceptors (Lipinski definition) is 6. The number of hydrogen-bond donors (Lipinski definition) is 1. The minimum atomic E-state index is -4.19. The van der Waals surface area contributed by atoms with Crippen LogP contribution < -0.4 is 5.32 Å². The molecule has 11 heteroatoms. The molecule has 0 fully saturated rings. The molecule has 0 radical (unpaired) electrons. The second-order valence-corrected chi connectivity index (χ2v) is 7.12. The maximum atomic E-state index is 12.6. The van der Waals surface area contributed by atoms with E-state index in [2.05, 4.69) is 30.6 Å². The summed E-state index contributed by atoms with van der Waals surface area (Å²) in [5, 5.41) is 15.4. The van der Waals surface area contributed by atoms with E-state index in [1.54, 1.807) is 59.8 Å². The summed E-state index contributed by atoms with van der Waals surface area (Å²) in [6.45, 7) is 1.56. The Hall–Kier alpha value is -3.50. The van der Waals surface area contributed by atoms with E-state index in [1.165, 1.54) is 0 Å². The quantitative estimate of drug-likeness (QED) is 0.515. The van der Waals surface area contributed by atoms with Crippen molar-refractivity contribution in [2.45, 2.75) is 25.9 Å². The van der Waals surface area contributed by atoms with Crippen molar-refractivity contribution in [3.05, 3.63) is 48.7 Å². The first-order chi connectivity index (χ1) is 14.3. The minimum absolute atomic E-state index is 0.187. The lowest BCUT2D eigenvalue weighted by Gasteiger charge is -2.12. The van der Waals surface area contributed by atoms with Crippen LogP contribution in [0.2, 0.25) is 0 Å². The number of alkyl halides is 3. The van der Waals surface area contributed by atoms with Gasteiger partial charge in [-0.3, -0.25) is 9.08 Å². The van der Waals surface area contributed by atoms with Gasteiger partial charge in [0.2, 0.25) is 5.95 Å². The lowest BCUT2D eigenvalue weighted by Crippen LogP contribution is -2.15. The molecule has 0 aliphatic carbocycles. The molecule has 0 saturated heterocycles. The summed E-state index contributed by atoms with van der Waals surface area (Å²) >= 11 is 0. The summed E-state index contributed by atoms with van der Waals surface area (Å²) in [6, 6.07) is 7.19.